The molecule has 0 saturated heterocycles. The molecule has 4 nitrogen and oxygen atoms in total. The minimum atomic E-state index is -0.710. The largest absolute Gasteiger partial charge is 0.385 e. The second-order valence-corrected chi connectivity index (χ2v) is 4.53. The van der Waals surface area contributed by atoms with Crippen LogP contribution in [0.4, 0.5) is 13.6 Å². The molecule has 1 aromatic rings. The van der Waals surface area contributed by atoms with E-state index in [0.717, 1.165) is 25.0 Å². The summed E-state index contributed by atoms with van der Waals surface area (Å²) >= 11 is 0. The molecule has 0 aromatic heterocycles. The summed E-state index contributed by atoms with van der Waals surface area (Å²) in [5.74, 6) is -1.30. The van der Waals surface area contributed by atoms with Gasteiger partial charge in [0.1, 0.15) is 23.5 Å². The summed E-state index contributed by atoms with van der Waals surface area (Å²) < 4.78 is 26.7. The van der Waals surface area contributed by atoms with Gasteiger partial charge in [-0.3, -0.25) is 0 Å². The Hall–Kier alpha value is -1.98. The molecular weight excluding hydrogens is 240 g/mol. The van der Waals surface area contributed by atoms with E-state index in [9.17, 15) is 13.6 Å². The first-order chi connectivity index (χ1) is 8.58. The number of nitrogens with zero attached hydrogens (tertiary/aromatic N) is 2. The van der Waals surface area contributed by atoms with Gasteiger partial charge < -0.3 is 10.6 Å². The Morgan fingerprint density at radius 3 is 2.67 bits per heavy atom. The van der Waals surface area contributed by atoms with Gasteiger partial charge in [0, 0.05) is 17.7 Å². The first-order valence-electron chi connectivity index (χ1n) is 5.69. The predicted octanol–water partition coefficient (Wildman–Crippen LogP) is 1.96. The summed E-state index contributed by atoms with van der Waals surface area (Å²) in [5, 5.41) is 0. The molecule has 0 bridgehead atoms. The summed E-state index contributed by atoms with van der Waals surface area (Å²) in [5.41, 5.74) is 5.88. The van der Waals surface area contributed by atoms with Gasteiger partial charge in [0.15, 0.2) is 0 Å². The quantitative estimate of drug-likeness (QED) is 0.873. The van der Waals surface area contributed by atoms with E-state index in [1.807, 2.05) is 0 Å². The van der Waals surface area contributed by atoms with E-state index in [2.05, 4.69) is 4.99 Å². The monoisotopic (exact) mass is 251 g/mol. The average molecular weight is 251 g/mol. The number of hydrogen-bond acceptors (Lipinski definition) is 2. The van der Waals surface area contributed by atoms with Gasteiger partial charge in [0.25, 0.3) is 0 Å². The minimum absolute atomic E-state index is 0.0664. The van der Waals surface area contributed by atoms with Gasteiger partial charge in [-0.05, 0) is 18.9 Å². The molecular formula is C12H11F2N3O. The summed E-state index contributed by atoms with van der Waals surface area (Å²) in [6.07, 6.45) is 1.74. The lowest BCUT2D eigenvalue weighted by Gasteiger charge is -2.24. The van der Waals surface area contributed by atoms with Crippen LogP contribution in [0.25, 0.3) is 0 Å². The van der Waals surface area contributed by atoms with E-state index < -0.39 is 23.7 Å². The Morgan fingerprint density at radius 2 is 2.06 bits per heavy atom. The maximum absolute atomic E-state index is 13.8. The van der Waals surface area contributed by atoms with E-state index in [4.69, 9.17) is 5.73 Å². The van der Waals surface area contributed by atoms with Crippen molar-refractivity contribution in [2.24, 2.45) is 10.7 Å². The van der Waals surface area contributed by atoms with Gasteiger partial charge >= 0.3 is 6.03 Å². The molecule has 1 heterocycles. The minimum Gasteiger partial charge on any atom is -0.385 e. The molecule has 94 valence electrons. The van der Waals surface area contributed by atoms with Crippen molar-refractivity contribution in [2.75, 3.05) is 0 Å². The topological polar surface area (TPSA) is 58.7 Å². The molecule has 6 heteroatoms. The van der Waals surface area contributed by atoms with Crippen molar-refractivity contribution in [3.05, 3.63) is 35.4 Å². The molecule has 1 atom stereocenters. The van der Waals surface area contributed by atoms with Crippen molar-refractivity contribution in [3.8, 4) is 0 Å². The van der Waals surface area contributed by atoms with Crippen LogP contribution in [-0.4, -0.2) is 22.8 Å². The summed E-state index contributed by atoms with van der Waals surface area (Å²) in [7, 11) is 0. The second-order valence-electron chi connectivity index (χ2n) is 4.53. The fourth-order valence-electron chi connectivity index (χ4n) is 2.23. The van der Waals surface area contributed by atoms with Crippen LogP contribution in [0.2, 0.25) is 0 Å². The third-order valence-corrected chi connectivity index (χ3v) is 3.20. The maximum atomic E-state index is 13.8. The van der Waals surface area contributed by atoms with Crippen molar-refractivity contribution in [1.29, 1.82) is 0 Å². The third-order valence-electron chi connectivity index (χ3n) is 3.20. The highest BCUT2D eigenvalue weighted by atomic mass is 19.1. The molecule has 1 unspecified atom stereocenters. The van der Waals surface area contributed by atoms with Crippen molar-refractivity contribution in [3.63, 3.8) is 0 Å². The van der Waals surface area contributed by atoms with Crippen LogP contribution >= 0.6 is 0 Å². The highest BCUT2D eigenvalue weighted by Gasteiger charge is 2.44. The zero-order valence-corrected chi connectivity index (χ0v) is 9.44. The predicted molar refractivity (Wildman–Crippen MR) is 61.0 cm³/mol. The van der Waals surface area contributed by atoms with Crippen LogP contribution in [0.3, 0.4) is 0 Å². The normalized spacial score (nSPS) is 23.4. The zero-order valence-electron chi connectivity index (χ0n) is 9.44. The van der Waals surface area contributed by atoms with Crippen molar-refractivity contribution in [1.82, 2.24) is 4.90 Å². The molecule has 1 aliphatic carbocycles. The van der Waals surface area contributed by atoms with Crippen molar-refractivity contribution < 1.29 is 13.6 Å². The number of rotatable bonds is 2. The van der Waals surface area contributed by atoms with Gasteiger partial charge in [-0.1, -0.05) is 6.07 Å². The van der Waals surface area contributed by atoms with Crippen LogP contribution < -0.4 is 5.73 Å². The lowest BCUT2D eigenvalue weighted by molar-refractivity contribution is 0.202. The number of halogens is 2. The molecule has 2 N–H and O–H groups in total. The maximum Gasteiger partial charge on any atom is 0.346 e. The van der Waals surface area contributed by atoms with Crippen LogP contribution in [0.1, 0.15) is 24.4 Å². The molecule has 1 aromatic carbocycles. The number of hydrogen-bond donors (Lipinski definition) is 1. The molecule has 18 heavy (non-hydrogen) atoms. The van der Waals surface area contributed by atoms with Gasteiger partial charge in [-0.2, -0.15) is 4.99 Å². The highest BCUT2D eigenvalue weighted by Crippen LogP contribution is 2.38. The Bertz CT molecular complexity index is 554. The SMILES string of the molecule is NC1=NC(=O)N(C2CC2)C1c1ccc(F)cc1F. The van der Waals surface area contributed by atoms with Crippen LogP contribution in [-0.2, 0) is 0 Å². The van der Waals surface area contributed by atoms with E-state index in [0.29, 0.717) is 0 Å². The first kappa shape index (κ1) is 11.1. The lowest BCUT2D eigenvalue weighted by Crippen LogP contribution is -2.35. The van der Waals surface area contributed by atoms with Crippen molar-refractivity contribution >= 4 is 11.9 Å². The smallest absolute Gasteiger partial charge is 0.346 e. The zero-order chi connectivity index (χ0) is 12.9. The molecule has 2 amide bonds. The molecule has 0 radical (unpaired) electrons. The Balaban J connectivity index is 2.03. The van der Waals surface area contributed by atoms with Crippen LogP contribution in [0.5, 0.6) is 0 Å². The summed E-state index contributed by atoms with van der Waals surface area (Å²) in [4.78, 5) is 16.8. The molecule has 2 aliphatic rings. The van der Waals surface area contributed by atoms with E-state index in [-0.39, 0.29) is 17.4 Å². The average Bonchev–Trinajstić information content (AvgIpc) is 3.06. The number of nitrogens with two attached hydrogens (primary N) is 1. The van der Waals surface area contributed by atoms with Crippen molar-refractivity contribution in [2.45, 2.75) is 24.9 Å². The van der Waals surface area contributed by atoms with Gasteiger partial charge in [-0.25, -0.2) is 13.6 Å². The number of carbonyl (C=O) groups excluding carboxylic acids is 1. The van der Waals surface area contributed by atoms with Gasteiger partial charge in [0.05, 0.1) is 0 Å². The molecule has 1 aliphatic heterocycles. The molecule has 0 spiro atoms. The van der Waals surface area contributed by atoms with Crippen LogP contribution in [0.15, 0.2) is 23.2 Å². The van der Waals surface area contributed by atoms with E-state index in [1.165, 1.54) is 11.0 Å². The molecule has 1 fully saturated rings. The Kier molecular flexibility index (Phi) is 2.33. The standard InChI is InChI=1S/C12H11F2N3O/c13-6-1-4-8(9(14)5-6)10-11(15)16-12(18)17(10)7-2-3-7/h1,4-5,7,10H,2-3H2,(H2,15,16,18). The second kappa shape index (κ2) is 3.76. The number of amides is 2. The first-order valence-corrected chi connectivity index (χ1v) is 5.69. The molecule has 1 saturated carbocycles. The van der Waals surface area contributed by atoms with Gasteiger partial charge in [-0.15, -0.1) is 0 Å². The third kappa shape index (κ3) is 1.64. The summed E-state index contributed by atoms with van der Waals surface area (Å²) in [6, 6.07) is 2.17. The number of carbonyl (C=O) groups is 1. The highest BCUT2D eigenvalue weighted by molar-refractivity contribution is 6.03. The Labute approximate surface area is 102 Å². The van der Waals surface area contributed by atoms with Gasteiger partial charge in [0.2, 0.25) is 0 Å². The number of urea groups is 1. The number of amidine groups is 1. The number of benzene rings is 1. The summed E-state index contributed by atoms with van der Waals surface area (Å²) in [6.45, 7) is 0. The molecule has 3 rings (SSSR count). The lowest BCUT2D eigenvalue weighted by atomic mass is 10.0. The fraction of sp³-hybridized carbons (Fsp3) is 0.333. The van der Waals surface area contributed by atoms with E-state index in [1.54, 1.807) is 0 Å². The Morgan fingerprint density at radius 1 is 1.33 bits per heavy atom. The number of aliphatic imine (C=N–C) groups is 1. The van der Waals surface area contributed by atoms with Crippen LogP contribution in [0, 0.1) is 11.6 Å². The fourth-order valence-corrected chi connectivity index (χ4v) is 2.23. The van der Waals surface area contributed by atoms with E-state index >= 15 is 0 Å².